The predicted octanol–water partition coefficient (Wildman–Crippen LogP) is 2.84. The highest BCUT2D eigenvalue weighted by Crippen LogP contribution is 2.04. The number of unbranched alkanes of at least 4 members (excludes halogenated alkanes) is 4. The van der Waals surface area contributed by atoms with Crippen LogP contribution in [-0.2, 0) is 9.59 Å². The molecule has 0 aliphatic heterocycles. The summed E-state index contributed by atoms with van der Waals surface area (Å²) >= 11 is 0. The van der Waals surface area contributed by atoms with E-state index >= 15 is 0 Å². The van der Waals surface area contributed by atoms with Crippen molar-refractivity contribution in [2.45, 2.75) is 52.4 Å². The van der Waals surface area contributed by atoms with Crippen molar-refractivity contribution in [1.29, 1.82) is 0 Å². The molecule has 0 fully saturated rings. The SMILES string of the molecule is CCCCCN(CCCCC)C(=O)/C=C/C(=O)O. The van der Waals surface area contributed by atoms with Gasteiger partial charge in [-0.1, -0.05) is 39.5 Å². The van der Waals surface area contributed by atoms with E-state index in [1.165, 1.54) is 0 Å². The van der Waals surface area contributed by atoms with Gasteiger partial charge in [0.1, 0.15) is 0 Å². The highest BCUT2D eigenvalue weighted by Gasteiger charge is 2.09. The van der Waals surface area contributed by atoms with Crippen LogP contribution >= 0.6 is 0 Å². The van der Waals surface area contributed by atoms with E-state index in [-0.39, 0.29) is 5.91 Å². The fourth-order valence-corrected chi connectivity index (χ4v) is 1.69. The average Bonchev–Trinajstić information content (AvgIpc) is 2.34. The average molecular weight is 255 g/mol. The molecular weight excluding hydrogens is 230 g/mol. The molecule has 0 aromatic carbocycles. The molecule has 0 aliphatic rings. The summed E-state index contributed by atoms with van der Waals surface area (Å²) in [6.07, 6.45) is 8.45. The molecule has 1 N–H and O–H groups in total. The van der Waals surface area contributed by atoms with Crippen LogP contribution in [0.4, 0.5) is 0 Å². The van der Waals surface area contributed by atoms with E-state index in [2.05, 4.69) is 13.8 Å². The van der Waals surface area contributed by atoms with Gasteiger partial charge >= 0.3 is 5.97 Å². The Morgan fingerprint density at radius 2 is 1.44 bits per heavy atom. The van der Waals surface area contributed by atoms with Gasteiger partial charge in [-0.05, 0) is 12.8 Å². The van der Waals surface area contributed by atoms with E-state index in [4.69, 9.17) is 5.11 Å². The highest BCUT2D eigenvalue weighted by atomic mass is 16.4. The van der Waals surface area contributed by atoms with Crippen LogP contribution in [0.15, 0.2) is 12.2 Å². The van der Waals surface area contributed by atoms with Crippen molar-refractivity contribution in [1.82, 2.24) is 4.90 Å². The van der Waals surface area contributed by atoms with Crippen LogP contribution in [0.5, 0.6) is 0 Å². The summed E-state index contributed by atoms with van der Waals surface area (Å²) in [7, 11) is 0. The van der Waals surface area contributed by atoms with E-state index < -0.39 is 5.97 Å². The fraction of sp³-hybridized carbons (Fsp3) is 0.714. The van der Waals surface area contributed by atoms with Gasteiger partial charge in [-0.25, -0.2) is 4.79 Å². The van der Waals surface area contributed by atoms with Crippen LogP contribution in [0.1, 0.15) is 52.4 Å². The number of carboxylic acid groups (broad SMARTS) is 1. The maximum Gasteiger partial charge on any atom is 0.328 e. The number of carbonyl (C=O) groups excluding carboxylic acids is 1. The Morgan fingerprint density at radius 1 is 0.944 bits per heavy atom. The molecule has 0 rings (SSSR count). The zero-order chi connectivity index (χ0) is 13.8. The summed E-state index contributed by atoms with van der Waals surface area (Å²) in [6, 6.07) is 0. The molecule has 0 aromatic rings. The zero-order valence-corrected chi connectivity index (χ0v) is 11.5. The second-order valence-electron chi connectivity index (χ2n) is 4.41. The van der Waals surface area contributed by atoms with Gasteiger partial charge in [-0.3, -0.25) is 4.79 Å². The number of carboxylic acids is 1. The molecule has 0 heterocycles. The van der Waals surface area contributed by atoms with Crippen LogP contribution < -0.4 is 0 Å². The van der Waals surface area contributed by atoms with Gasteiger partial charge < -0.3 is 10.0 Å². The van der Waals surface area contributed by atoms with Crippen LogP contribution in [-0.4, -0.2) is 35.0 Å². The predicted molar refractivity (Wildman–Crippen MR) is 72.4 cm³/mol. The lowest BCUT2D eigenvalue weighted by Crippen LogP contribution is -2.31. The minimum Gasteiger partial charge on any atom is -0.478 e. The molecular formula is C14H25NO3. The van der Waals surface area contributed by atoms with Gasteiger partial charge in [0.2, 0.25) is 5.91 Å². The molecule has 4 nitrogen and oxygen atoms in total. The highest BCUT2D eigenvalue weighted by molar-refractivity contribution is 5.93. The summed E-state index contributed by atoms with van der Waals surface area (Å²) < 4.78 is 0. The molecule has 104 valence electrons. The first kappa shape index (κ1) is 16.7. The van der Waals surface area contributed by atoms with Crippen LogP contribution in [0, 0.1) is 0 Å². The quantitative estimate of drug-likeness (QED) is 0.482. The van der Waals surface area contributed by atoms with Gasteiger partial charge in [-0.15, -0.1) is 0 Å². The molecule has 0 radical (unpaired) electrons. The lowest BCUT2D eigenvalue weighted by molar-refractivity contribution is -0.132. The first-order valence-corrected chi connectivity index (χ1v) is 6.81. The minimum atomic E-state index is -1.08. The maximum absolute atomic E-state index is 11.8. The van der Waals surface area contributed by atoms with E-state index in [0.29, 0.717) is 0 Å². The Morgan fingerprint density at radius 3 is 1.83 bits per heavy atom. The number of aliphatic carboxylic acids is 1. The van der Waals surface area contributed by atoms with Gasteiger partial charge in [0.15, 0.2) is 0 Å². The molecule has 0 spiro atoms. The van der Waals surface area contributed by atoms with Crippen molar-refractivity contribution >= 4 is 11.9 Å². The van der Waals surface area contributed by atoms with Gasteiger partial charge in [0, 0.05) is 25.2 Å². The molecule has 0 atom stereocenters. The monoisotopic (exact) mass is 255 g/mol. The third-order valence-corrected chi connectivity index (χ3v) is 2.74. The summed E-state index contributed by atoms with van der Waals surface area (Å²) in [6.45, 7) is 5.68. The van der Waals surface area contributed by atoms with Crippen molar-refractivity contribution in [3.8, 4) is 0 Å². The molecule has 4 heteroatoms. The first-order valence-electron chi connectivity index (χ1n) is 6.81. The lowest BCUT2D eigenvalue weighted by Gasteiger charge is -2.21. The third kappa shape index (κ3) is 8.79. The first-order chi connectivity index (χ1) is 8.61. The van der Waals surface area contributed by atoms with Crippen LogP contribution in [0.2, 0.25) is 0 Å². The number of hydrogen-bond acceptors (Lipinski definition) is 2. The van der Waals surface area contributed by atoms with E-state index in [0.717, 1.165) is 63.8 Å². The van der Waals surface area contributed by atoms with Crippen molar-refractivity contribution in [2.24, 2.45) is 0 Å². The lowest BCUT2D eigenvalue weighted by atomic mass is 10.2. The molecule has 0 aromatic heterocycles. The smallest absolute Gasteiger partial charge is 0.328 e. The summed E-state index contributed by atoms with van der Waals surface area (Å²) in [4.78, 5) is 24.0. The van der Waals surface area contributed by atoms with Crippen molar-refractivity contribution in [2.75, 3.05) is 13.1 Å². The minimum absolute atomic E-state index is 0.190. The molecule has 0 saturated carbocycles. The van der Waals surface area contributed by atoms with Crippen molar-refractivity contribution < 1.29 is 14.7 Å². The molecule has 0 unspecified atom stereocenters. The fourth-order valence-electron chi connectivity index (χ4n) is 1.69. The second kappa shape index (κ2) is 10.8. The standard InChI is InChI=1S/C14H25NO3/c1-3-5-7-11-15(12-8-6-4-2)13(16)9-10-14(17)18/h9-10H,3-8,11-12H2,1-2H3,(H,17,18)/b10-9+. The third-order valence-electron chi connectivity index (χ3n) is 2.74. The normalized spacial score (nSPS) is 10.8. The topological polar surface area (TPSA) is 57.6 Å². The second-order valence-corrected chi connectivity index (χ2v) is 4.41. The molecule has 0 aliphatic carbocycles. The van der Waals surface area contributed by atoms with E-state index in [1.807, 2.05) is 0 Å². The molecule has 0 bridgehead atoms. The van der Waals surface area contributed by atoms with Gasteiger partial charge in [0.05, 0.1) is 0 Å². The largest absolute Gasteiger partial charge is 0.478 e. The van der Waals surface area contributed by atoms with Gasteiger partial charge in [-0.2, -0.15) is 0 Å². The molecule has 1 amide bonds. The number of hydrogen-bond donors (Lipinski definition) is 1. The summed E-state index contributed by atoms with van der Waals surface area (Å²) in [5, 5.41) is 8.51. The number of amides is 1. The number of nitrogens with zero attached hydrogens (tertiary/aromatic N) is 1. The maximum atomic E-state index is 11.8. The molecule has 0 saturated heterocycles. The Kier molecular flexibility index (Phi) is 10.0. The van der Waals surface area contributed by atoms with Crippen molar-refractivity contribution in [3.63, 3.8) is 0 Å². The van der Waals surface area contributed by atoms with E-state index in [1.54, 1.807) is 4.90 Å². The number of rotatable bonds is 10. The zero-order valence-electron chi connectivity index (χ0n) is 11.5. The van der Waals surface area contributed by atoms with E-state index in [9.17, 15) is 9.59 Å². The van der Waals surface area contributed by atoms with Gasteiger partial charge in [0.25, 0.3) is 0 Å². The number of carbonyl (C=O) groups is 2. The summed E-state index contributed by atoms with van der Waals surface area (Å²) in [5.74, 6) is -1.27. The van der Waals surface area contributed by atoms with Crippen LogP contribution in [0.25, 0.3) is 0 Å². The Bertz CT molecular complexity index is 264. The Labute approximate surface area is 110 Å². The Balaban J connectivity index is 4.24. The molecule has 18 heavy (non-hydrogen) atoms. The Hall–Kier alpha value is -1.32. The summed E-state index contributed by atoms with van der Waals surface area (Å²) in [5.41, 5.74) is 0. The van der Waals surface area contributed by atoms with Crippen LogP contribution in [0.3, 0.4) is 0 Å². The van der Waals surface area contributed by atoms with Crippen molar-refractivity contribution in [3.05, 3.63) is 12.2 Å².